The average molecular weight is 257 g/mol. The molecule has 0 saturated heterocycles. The summed E-state index contributed by atoms with van der Waals surface area (Å²) in [4.78, 5) is 0. The molecule has 0 bridgehead atoms. The minimum absolute atomic E-state index is 0.295. The third-order valence-electron chi connectivity index (χ3n) is 2.68. The van der Waals surface area contributed by atoms with Crippen LogP contribution in [0.2, 0.25) is 0 Å². The van der Waals surface area contributed by atoms with E-state index in [0.717, 1.165) is 23.7 Å². The molecule has 0 amide bonds. The van der Waals surface area contributed by atoms with Gasteiger partial charge in [0.05, 0.1) is 25.0 Å². The van der Waals surface area contributed by atoms with E-state index in [9.17, 15) is 0 Å². The predicted octanol–water partition coefficient (Wildman–Crippen LogP) is 2.32. The lowest BCUT2D eigenvalue weighted by atomic mass is 10.2. The van der Waals surface area contributed by atoms with Crippen LogP contribution in [-0.2, 0) is 6.54 Å². The molecule has 0 fully saturated rings. The zero-order valence-corrected chi connectivity index (χ0v) is 12.0. The van der Waals surface area contributed by atoms with Gasteiger partial charge in [-0.25, -0.2) is 0 Å². The molecule has 1 heterocycles. The normalized spacial score (nSPS) is 12.7. The van der Waals surface area contributed by atoms with Crippen LogP contribution in [0.15, 0.2) is 6.20 Å². The SMILES string of the molecule is CCCSCC(NC)c1c(OC)cnn1CC. The highest BCUT2D eigenvalue weighted by molar-refractivity contribution is 7.99. The zero-order valence-electron chi connectivity index (χ0n) is 11.2. The molecular weight excluding hydrogens is 234 g/mol. The van der Waals surface area contributed by atoms with E-state index in [1.54, 1.807) is 13.3 Å². The van der Waals surface area contributed by atoms with Gasteiger partial charge < -0.3 is 10.1 Å². The summed E-state index contributed by atoms with van der Waals surface area (Å²) in [7, 11) is 3.69. The quantitative estimate of drug-likeness (QED) is 0.725. The molecule has 98 valence electrons. The van der Waals surface area contributed by atoms with Gasteiger partial charge in [-0.15, -0.1) is 0 Å². The van der Waals surface area contributed by atoms with E-state index < -0.39 is 0 Å². The first kappa shape index (κ1) is 14.4. The van der Waals surface area contributed by atoms with Crippen LogP contribution >= 0.6 is 11.8 Å². The summed E-state index contributed by atoms with van der Waals surface area (Å²) in [5.74, 6) is 3.12. The number of nitrogens with one attached hydrogen (secondary N) is 1. The summed E-state index contributed by atoms with van der Waals surface area (Å²) in [6, 6.07) is 0.295. The smallest absolute Gasteiger partial charge is 0.161 e. The Balaban J connectivity index is 2.81. The van der Waals surface area contributed by atoms with Crippen molar-refractivity contribution in [1.29, 1.82) is 0 Å². The second-order valence-corrected chi connectivity index (χ2v) is 4.98. The Kier molecular flexibility index (Phi) is 6.44. The summed E-state index contributed by atoms with van der Waals surface area (Å²) >= 11 is 1.96. The second-order valence-electron chi connectivity index (χ2n) is 3.83. The highest BCUT2D eigenvalue weighted by Gasteiger charge is 2.19. The van der Waals surface area contributed by atoms with Gasteiger partial charge in [0.15, 0.2) is 5.75 Å². The summed E-state index contributed by atoms with van der Waals surface area (Å²) in [5, 5.41) is 7.70. The zero-order chi connectivity index (χ0) is 12.7. The molecule has 0 aliphatic heterocycles. The maximum atomic E-state index is 5.38. The van der Waals surface area contributed by atoms with Crippen LogP contribution in [0, 0.1) is 0 Å². The molecule has 1 aromatic heterocycles. The van der Waals surface area contributed by atoms with Gasteiger partial charge in [-0.05, 0) is 26.1 Å². The van der Waals surface area contributed by atoms with Crippen molar-refractivity contribution in [3.8, 4) is 5.75 Å². The van der Waals surface area contributed by atoms with E-state index in [4.69, 9.17) is 4.74 Å². The van der Waals surface area contributed by atoms with E-state index in [0.29, 0.717) is 6.04 Å². The molecular formula is C12H23N3OS. The summed E-state index contributed by atoms with van der Waals surface area (Å²) in [6.07, 6.45) is 3.01. The van der Waals surface area contributed by atoms with Gasteiger partial charge in [-0.2, -0.15) is 16.9 Å². The fourth-order valence-corrected chi connectivity index (χ4v) is 2.80. The number of hydrogen-bond acceptors (Lipinski definition) is 4. The molecule has 5 heteroatoms. The molecule has 1 rings (SSSR count). The molecule has 0 saturated carbocycles. The van der Waals surface area contributed by atoms with Crippen molar-refractivity contribution in [3.05, 3.63) is 11.9 Å². The first-order valence-corrected chi connectivity index (χ1v) is 7.28. The van der Waals surface area contributed by atoms with Crippen molar-refractivity contribution in [2.75, 3.05) is 25.7 Å². The molecule has 0 spiro atoms. The van der Waals surface area contributed by atoms with Gasteiger partial charge in [-0.1, -0.05) is 6.92 Å². The largest absolute Gasteiger partial charge is 0.493 e. The lowest BCUT2D eigenvalue weighted by Gasteiger charge is -2.18. The number of hydrogen-bond donors (Lipinski definition) is 1. The van der Waals surface area contributed by atoms with E-state index in [1.165, 1.54) is 12.2 Å². The monoisotopic (exact) mass is 257 g/mol. The molecule has 17 heavy (non-hydrogen) atoms. The number of ether oxygens (including phenoxy) is 1. The predicted molar refractivity (Wildman–Crippen MR) is 73.9 cm³/mol. The van der Waals surface area contributed by atoms with Gasteiger partial charge in [0.1, 0.15) is 0 Å². The second kappa shape index (κ2) is 7.61. The first-order valence-electron chi connectivity index (χ1n) is 6.13. The molecule has 1 N–H and O–H groups in total. The Labute approximate surface area is 108 Å². The average Bonchev–Trinajstić information content (AvgIpc) is 2.77. The van der Waals surface area contributed by atoms with Crippen molar-refractivity contribution in [3.63, 3.8) is 0 Å². The number of aryl methyl sites for hydroxylation is 1. The molecule has 0 aromatic carbocycles. The molecule has 1 atom stereocenters. The molecule has 0 aliphatic carbocycles. The minimum atomic E-state index is 0.295. The van der Waals surface area contributed by atoms with Crippen LogP contribution < -0.4 is 10.1 Å². The Morgan fingerprint density at radius 3 is 2.82 bits per heavy atom. The third kappa shape index (κ3) is 3.64. The first-order chi connectivity index (χ1) is 8.28. The summed E-state index contributed by atoms with van der Waals surface area (Å²) in [6.45, 7) is 5.18. The maximum Gasteiger partial charge on any atom is 0.161 e. The number of rotatable bonds is 8. The molecule has 0 radical (unpaired) electrons. The van der Waals surface area contributed by atoms with E-state index >= 15 is 0 Å². The van der Waals surface area contributed by atoms with Crippen molar-refractivity contribution in [2.24, 2.45) is 0 Å². The van der Waals surface area contributed by atoms with E-state index in [-0.39, 0.29) is 0 Å². The van der Waals surface area contributed by atoms with E-state index in [2.05, 4.69) is 24.3 Å². The molecule has 0 aliphatic rings. The lowest BCUT2D eigenvalue weighted by Crippen LogP contribution is -2.23. The van der Waals surface area contributed by atoms with Crippen molar-refractivity contribution in [1.82, 2.24) is 15.1 Å². The molecule has 1 aromatic rings. The Morgan fingerprint density at radius 2 is 2.29 bits per heavy atom. The van der Waals surface area contributed by atoms with Crippen molar-refractivity contribution >= 4 is 11.8 Å². The van der Waals surface area contributed by atoms with Gasteiger partial charge >= 0.3 is 0 Å². The molecule has 1 unspecified atom stereocenters. The molecule has 4 nitrogen and oxygen atoms in total. The maximum absolute atomic E-state index is 5.38. The van der Waals surface area contributed by atoms with E-state index in [1.807, 2.05) is 23.5 Å². The van der Waals surface area contributed by atoms with Crippen molar-refractivity contribution < 1.29 is 4.74 Å². The number of nitrogens with zero attached hydrogens (tertiary/aromatic N) is 2. The van der Waals surface area contributed by atoms with Gasteiger partial charge in [0.2, 0.25) is 0 Å². The summed E-state index contributed by atoms with van der Waals surface area (Å²) < 4.78 is 7.39. The van der Waals surface area contributed by atoms with Crippen LogP contribution in [0.3, 0.4) is 0 Å². The Morgan fingerprint density at radius 1 is 1.53 bits per heavy atom. The van der Waals surface area contributed by atoms with Gasteiger partial charge in [-0.3, -0.25) is 4.68 Å². The fraction of sp³-hybridized carbons (Fsp3) is 0.750. The van der Waals surface area contributed by atoms with Crippen LogP contribution in [0.25, 0.3) is 0 Å². The third-order valence-corrected chi connectivity index (χ3v) is 3.94. The topological polar surface area (TPSA) is 39.1 Å². The minimum Gasteiger partial charge on any atom is -0.493 e. The highest BCUT2D eigenvalue weighted by Crippen LogP contribution is 2.27. The van der Waals surface area contributed by atoms with Crippen LogP contribution in [-0.4, -0.2) is 35.4 Å². The summed E-state index contributed by atoms with van der Waals surface area (Å²) in [5.41, 5.74) is 1.15. The Bertz CT molecular complexity index is 306. The van der Waals surface area contributed by atoms with Gasteiger partial charge in [0.25, 0.3) is 0 Å². The van der Waals surface area contributed by atoms with Crippen LogP contribution in [0.4, 0.5) is 0 Å². The van der Waals surface area contributed by atoms with Crippen LogP contribution in [0.1, 0.15) is 32.0 Å². The number of thioether (sulfide) groups is 1. The standard InChI is InChI=1S/C12H23N3OS/c1-5-7-17-9-10(13-3)12-11(16-4)8-14-15(12)6-2/h8,10,13H,5-7,9H2,1-4H3. The lowest BCUT2D eigenvalue weighted by molar-refractivity contribution is 0.399. The highest BCUT2D eigenvalue weighted by atomic mass is 32.2. The van der Waals surface area contributed by atoms with Crippen molar-refractivity contribution in [2.45, 2.75) is 32.9 Å². The number of methoxy groups -OCH3 is 1. The Hall–Kier alpha value is -0.680. The number of aromatic nitrogens is 2. The fourth-order valence-electron chi connectivity index (χ4n) is 1.78. The van der Waals surface area contributed by atoms with Gasteiger partial charge in [0, 0.05) is 12.3 Å². The van der Waals surface area contributed by atoms with Crippen LogP contribution in [0.5, 0.6) is 5.75 Å².